The van der Waals surface area contributed by atoms with E-state index in [9.17, 15) is 24.3 Å². The quantitative estimate of drug-likeness (QED) is 0.234. The number of aryl methyl sites for hydroxylation is 2. The van der Waals surface area contributed by atoms with Crippen molar-refractivity contribution < 1.29 is 24.3 Å². The fourth-order valence-electron chi connectivity index (χ4n) is 8.07. The van der Waals surface area contributed by atoms with Crippen LogP contribution in [-0.4, -0.2) is 28.7 Å². The molecule has 2 aliphatic carbocycles. The second-order valence-corrected chi connectivity index (χ2v) is 13.6. The predicted octanol–water partition coefficient (Wildman–Crippen LogP) is 7.09. The van der Waals surface area contributed by atoms with Crippen molar-refractivity contribution in [1.29, 1.82) is 0 Å². The molecule has 2 saturated heterocycles. The van der Waals surface area contributed by atoms with Crippen LogP contribution in [0.2, 0.25) is 10.0 Å². The van der Waals surface area contributed by atoms with Gasteiger partial charge in [-0.2, -0.15) is 0 Å². The van der Waals surface area contributed by atoms with Crippen molar-refractivity contribution in [2.75, 3.05) is 9.80 Å². The summed E-state index contributed by atoms with van der Waals surface area (Å²) in [5, 5.41) is 12.4. The predicted molar refractivity (Wildman–Crippen MR) is 177 cm³/mol. The fourth-order valence-corrected chi connectivity index (χ4v) is 8.42. The van der Waals surface area contributed by atoms with E-state index in [1.54, 1.807) is 54.6 Å². The topological polar surface area (TPSA) is 95.0 Å². The molecule has 0 aromatic heterocycles. The number of carbonyl (C=O) groups is 4. The summed E-state index contributed by atoms with van der Waals surface area (Å²) in [7, 11) is 0. The molecular formula is C37H32Cl2N2O5. The Balaban J connectivity index is 1.36. The average molecular weight is 656 g/mol. The van der Waals surface area contributed by atoms with Gasteiger partial charge in [-0.15, -0.1) is 6.58 Å². The normalized spacial score (nSPS) is 27.0. The molecule has 9 heteroatoms. The maximum Gasteiger partial charge on any atom is 0.238 e. The molecule has 7 nitrogen and oxygen atoms in total. The summed E-state index contributed by atoms with van der Waals surface area (Å²) in [6, 6.07) is 15.6. The highest BCUT2D eigenvalue weighted by atomic mass is 35.5. The number of hydrogen-bond acceptors (Lipinski definition) is 5. The van der Waals surface area contributed by atoms with Gasteiger partial charge in [0.05, 0.1) is 35.0 Å². The Kier molecular flexibility index (Phi) is 7.45. The summed E-state index contributed by atoms with van der Waals surface area (Å²) in [5.41, 5.74) is 4.41. The molecule has 4 aliphatic rings. The summed E-state index contributed by atoms with van der Waals surface area (Å²) in [6.07, 6.45) is 4.60. The van der Waals surface area contributed by atoms with Gasteiger partial charge in [-0.05, 0) is 80.0 Å². The number of para-hydroxylation sites is 1. The molecule has 0 bridgehead atoms. The first-order chi connectivity index (χ1) is 22.0. The van der Waals surface area contributed by atoms with E-state index in [1.165, 1.54) is 9.80 Å². The number of rotatable bonds is 5. The maximum atomic E-state index is 14.4. The van der Waals surface area contributed by atoms with Crippen molar-refractivity contribution in [2.45, 2.75) is 39.0 Å². The summed E-state index contributed by atoms with van der Waals surface area (Å²) < 4.78 is 0. The number of allylic oxidation sites excluding steroid dienone is 3. The van der Waals surface area contributed by atoms with Crippen molar-refractivity contribution in [3.8, 4) is 5.75 Å². The van der Waals surface area contributed by atoms with Gasteiger partial charge in [-0.1, -0.05) is 71.3 Å². The Morgan fingerprint density at radius 3 is 1.98 bits per heavy atom. The molecule has 1 N–H and O–H groups in total. The molecule has 6 unspecified atom stereocenters. The Morgan fingerprint density at radius 2 is 1.39 bits per heavy atom. The minimum Gasteiger partial charge on any atom is -0.507 e. The summed E-state index contributed by atoms with van der Waals surface area (Å²) in [5.74, 6) is -5.44. The van der Waals surface area contributed by atoms with E-state index in [2.05, 4.69) is 6.58 Å². The molecule has 0 radical (unpaired) electrons. The third kappa shape index (κ3) is 4.47. The summed E-state index contributed by atoms with van der Waals surface area (Å²) in [6.45, 7) is 7.50. The lowest BCUT2D eigenvalue weighted by atomic mass is 9.57. The van der Waals surface area contributed by atoms with Crippen LogP contribution < -0.4 is 9.80 Å². The van der Waals surface area contributed by atoms with Crippen molar-refractivity contribution >= 4 is 58.2 Å². The lowest BCUT2D eigenvalue weighted by molar-refractivity contribution is -0.126. The zero-order chi connectivity index (χ0) is 32.6. The monoisotopic (exact) mass is 654 g/mol. The van der Waals surface area contributed by atoms with Crippen LogP contribution >= 0.6 is 23.2 Å². The van der Waals surface area contributed by atoms with E-state index in [1.807, 2.05) is 26.0 Å². The SMILES string of the molecule is C=CCc1cccc(C2C3=CCC4C(=O)N(c5ccc(C)c(Cl)c5)C(=O)C4C3CC3C(=O)N(c4ccc(C)c(Cl)c4)C(=O)C32)c1O. The van der Waals surface area contributed by atoms with Gasteiger partial charge in [0.15, 0.2) is 0 Å². The van der Waals surface area contributed by atoms with E-state index < -0.39 is 35.5 Å². The standard InChI is InChI=1S/C37H32Cl2N2O5/c1-4-6-20-7-5-8-24(33(20)42)30-23-13-14-25-31(36(45)40(34(25)43)21-11-9-18(2)28(38)15-21)26(23)17-27-32(30)37(46)41(35(27)44)22-12-10-19(3)29(39)16-22/h4-5,7-13,15-16,25-27,30-32,42H,1,6,14,17H2,2-3H3. The van der Waals surface area contributed by atoms with Crippen LogP contribution in [0.3, 0.4) is 0 Å². The molecule has 234 valence electrons. The van der Waals surface area contributed by atoms with Crippen LogP contribution in [-0.2, 0) is 25.6 Å². The number of nitrogens with zero attached hydrogens (tertiary/aromatic N) is 2. The van der Waals surface area contributed by atoms with Gasteiger partial charge in [0.2, 0.25) is 23.6 Å². The van der Waals surface area contributed by atoms with Crippen LogP contribution in [0.15, 0.2) is 78.9 Å². The Morgan fingerprint density at radius 1 is 0.804 bits per heavy atom. The molecular weight excluding hydrogens is 623 g/mol. The van der Waals surface area contributed by atoms with Crippen LogP contribution in [0.25, 0.3) is 0 Å². The van der Waals surface area contributed by atoms with Gasteiger partial charge in [-0.25, -0.2) is 9.80 Å². The second kappa shape index (κ2) is 11.2. The van der Waals surface area contributed by atoms with Crippen molar-refractivity contribution in [3.63, 3.8) is 0 Å². The van der Waals surface area contributed by atoms with E-state index >= 15 is 0 Å². The minimum atomic E-state index is -0.810. The van der Waals surface area contributed by atoms with Crippen LogP contribution in [0.5, 0.6) is 5.75 Å². The third-order valence-electron chi connectivity index (χ3n) is 10.3. The Labute approximate surface area is 277 Å². The number of carbonyl (C=O) groups excluding carboxylic acids is 4. The third-order valence-corrected chi connectivity index (χ3v) is 11.1. The van der Waals surface area contributed by atoms with E-state index in [0.717, 1.165) is 16.7 Å². The number of hydrogen-bond donors (Lipinski definition) is 1. The fraction of sp³-hybridized carbons (Fsp3) is 0.297. The van der Waals surface area contributed by atoms with E-state index in [4.69, 9.17) is 23.2 Å². The molecule has 46 heavy (non-hydrogen) atoms. The molecule has 3 fully saturated rings. The number of phenolic OH excluding ortho intramolecular Hbond substituents is 1. The van der Waals surface area contributed by atoms with Crippen LogP contribution in [0.4, 0.5) is 11.4 Å². The average Bonchev–Trinajstić information content (AvgIpc) is 3.44. The lowest BCUT2D eigenvalue weighted by Crippen LogP contribution is -2.43. The largest absolute Gasteiger partial charge is 0.507 e. The smallest absolute Gasteiger partial charge is 0.238 e. The van der Waals surface area contributed by atoms with Crippen molar-refractivity contribution in [2.24, 2.45) is 29.6 Å². The molecule has 2 heterocycles. The lowest BCUT2D eigenvalue weighted by Gasteiger charge is -2.44. The molecule has 6 atom stereocenters. The maximum absolute atomic E-state index is 14.4. The molecule has 0 spiro atoms. The highest BCUT2D eigenvalue weighted by Crippen LogP contribution is 2.59. The van der Waals surface area contributed by atoms with E-state index in [-0.39, 0.29) is 35.8 Å². The number of imide groups is 2. The molecule has 7 rings (SSSR count). The van der Waals surface area contributed by atoms with E-state index in [0.29, 0.717) is 45.4 Å². The second-order valence-electron chi connectivity index (χ2n) is 12.8. The van der Waals surface area contributed by atoms with Gasteiger partial charge < -0.3 is 5.11 Å². The van der Waals surface area contributed by atoms with Gasteiger partial charge in [0.25, 0.3) is 0 Å². The Bertz CT molecular complexity index is 1900. The zero-order valence-electron chi connectivity index (χ0n) is 25.4. The highest BCUT2D eigenvalue weighted by molar-refractivity contribution is 6.33. The number of aromatic hydroxyl groups is 1. The number of fused-ring (bicyclic) bond motifs is 4. The molecule has 4 amide bonds. The van der Waals surface area contributed by atoms with Crippen molar-refractivity contribution in [1.82, 2.24) is 0 Å². The van der Waals surface area contributed by atoms with Gasteiger partial charge in [0, 0.05) is 21.5 Å². The number of amides is 4. The van der Waals surface area contributed by atoms with Crippen LogP contribution in [0, 0.1) is 43.4 Å². The zero-order valence-corrected chi connectivity index (χ0v) is 26.9. The molecule has 1 saturated carbocycles. The van der Waals surface area contributed by atoms with Gasteiger partial charge >= 0.3 is 0 Å². The number of benzene rings is 3. The first-order valence-corrected chi connectivity index (χ1v) is 16.2. The summed E-state index contributed by atoms with van der Waals surface area (Å²) >= 11 is 12.8. The number of halogens is 2. The Hall–Kier alpha value is -4.20. The van der Waals surface area contributed by atoms with Gasteiger partial charge in [-0.3, -0.25) is 19.2 Å². The minimum absolute atomic E-state index is 0.0386. The first-order valence-electron chi connectivity index (χ1n) is 15.4. The molecule has 3 aromatic rings. The summed E-state index contributed by atoms with van der Waals surface area (Å²) in [4.78, 5) is 59.1. The van der Waals surface area contributed by atoms with Crippen LogP contribution in [0.1, 0.15) is 41.0 Å². The number of phenols is 1. The highest BCUT2D eigenvalue weighted by Gasteiger charge is 2.62. The van der Waals surface area contributed by atoms with Gasteiger partial charge in [0.1, 0.15) is 5.75 Å². The molecule has 3 aromatic carbocycles. The van der Waals surface area contributed by atoms with Crippen molar-refractivity contribution in [3.05, 3.63) is 111 Å². The number of anilines is 2. The first kappa shape index (κ1) is 30.5. The molecule has 2 aliphatic heterocycles.